The summed E-state index contributed by atoms with van der Waals surface area (Å²) in [5.74, 6) is 3.56. The van der Waals surface area contributed by atoms with Crippen LogP contribution in [0.3, 0.4) is 0 Å². The van der Waals surface area contributed by atoms with Crippen molar-refractivity contribution in [2.24, 2.45) is 0 Å². The van der Waals surface area contributed by atoms with Crippen molar-refractivity contribution < 1.29 is 4.43 Å². The Morgan fingerprint density at radius 3 is 2.43 bits per heavy atom. The molecule has 0 spiro atoms. The second-order valence-electron chi connectivity index (χ2n) is 5.37. The van der Waals surface area contributed by atoms with Crippen LogP contribution in [0.4, 0.5) is 0 Å². The van der Waals surface area contributed by atoms with Gasteiger partial charge in [-0.25, -0.2) is 0 Å². The molecular formula is C11H22OSSi. The van der Waals surface area contributed by atoms with Crippen molar-refractivity contribution in [3.63, 3.8) is 0 Å². The van der Waals surface area contributed by atoms with Gasteiger partial charge in [0.2, 0.25) is 8.32 Å². The third-order valence-electron chi connectivity index (χ3n) is 3.07. The Hall–Kier alpha value is 0.107. The summed E-state index contributed by atoms with van der Waals surface area (Å²) in [6, 6.07) is 0. The number of hydrogen-bond acceptors (Lipinski definition) is 2. The van der Waals surface area contributed by atoms with Crippen molar-refractivity contribution in [3.05, 3.63) is 11.8 Å². The number of thioether (sulfide) groups is 1. The van der Waals surface area contributed by atoms with E-state index in [2.05, 4.69) is 39.9 Å². The van der Waals surface area contributed by atoms with Crippen LogP contribution in [0.15, 0.2) is 11.8 Å². The number of rotatable bonds is 2. The Balaban J connectivity index is 2.62. The molecule has 1 aliphatic heterocycles. The lowest BCUT2D eigenvalue weighted by Gasteiger charge is -2.37. The molecule has 1 rings (SSSR count). The molecule has 3 heteroatoms. The van der Waals surface area contributed by atoms with Crippen LogP contribution in [0.25, 0.3) is 0 Å². The summed E-state index contributed by atoms with van der Waals surface area (Å²) in [5, 5.41) is 0.315. The van der Waals surface area contributed by atoms with Crippen molar-refractivity contribution >= 4 is 20.1 Å². The zero-order chi connectivity index (χ0) is 10.8. The van der Waals surface area contributed by atoms with E-state index in [1.54, 1.807) is 0 Å². The third kappa shape index (κ3) is 3.06. The molecular weight excluding hydrogens is 208 g/mol. The van der Waals surface area contributed by atoms with Crippen molar-refractivity contribution in [2.75, 3.05) is 11.5 Å². The molecule has 0 unspecified atom stereocenters. The van der Waals surface area contributed by atoms with Gasteiger partial charge in [-0.1, -0.05) is 20.8 Å². The Bertz CT molecular complexity index is 228. The van der Waals surface area contributed by atoms with Crippen LogP contribution in [0.1, 0.15) is 27.2 Å². The zero-order valence-corrected chi connectivity index (χ0v) is 11.8. The van der Waals surface area contributed by atoms with Gasteiger partial charge < -0.3 is 4.43 Å². The predicted octanol–water partition coefficient (Wildman–Crippen LogP) is 4.03. The predicted molar refractivity (Wildman–Crippen MR) is 68.3 cm³/mol. The van der Waals surface area contributed by atoms with Gasteiger partial charge in [0.25, 0.3) is 0 Å². The van der Waals surface area contributed by atoms with E-state index < -0.39 is 8.32 Å². The Morgan fingerprint density at radius 1 is 1.36 bits per heavy atom. The molecule has 0 saturated heterocycles. The van der Waals surface area contributed by atoms with Gasteiger partial charge in [0, 0.05) is 5.75 Å². The van der Waals surface area contributed by atoms with Gasteiger partial charge in [-0.2, -0.15) is 11.8 Å². The summed E-state index contributed by atoms with van der Waals surface area (Å²) in [4.78, 5) is 0. The summed E-state index contributed by atoms with van der Waals surface area (Å²) in [6.45, 7) is 11.5. The van der Waals surface area contributed by atoms with Crippen molar-refractivity contribution in [1.82, 2.24) is 0 Å². The van der Waals surface area contributed by atoms with E-state index in [4.69, 9.17) is 4.43 Å². The highest BCUT2D eigenvalue weighted by Crippen LogP contribution is 2.38. The zero-order valence-electron chi connectivity index (χ0n) is 10.0. The maximum absolute atomic E-state index is 6.22. The summed E-state index contributed by atoms with van der Waals surface area (Å²) in [7, 11) is -1.57. The van der Waals surface area contributed by atoms with E-state index >= 15 is 0 Å². The standard InChI is InChI=1S/C11H22OSSi/c1-11(2,3)14(4,5)12-10-7-6-8-13-9-10/h7H,6,8-9H2,1-5H3. The first-order chi connectivity index (χ1) is 6.33. The first-order valence-electron chi connectivity index (χ1n) is 5.29. The normalized spacial score (nSPS) is 19.1. The van der Waals surface area contributed by atoms with Gasteiger partial charge in [-0.05, 0) is 36.4 Å². The van der Waals surface area contributed by atoms with Crippen LogP contribution in [0.2, 0.25) is 18.1 Å². The molecule has 0 aromatic rings. The lowest BCUT2D eigenvalue weighted by atomic mass is 10.2. The minimum atomic E-state index is -1.57. The fourth-order valence-electron chi connectivity index (χ4n) is 1.09. The van der Waals surface area contributed by atoms with Crippen LogP contribution in [0, 0.1) is 0 Å². The van der Waals surface area contributed by atoms with E-state index in [0.29, 0.717) is 5.04 Å². The van der Waals surface area contributed by atoms with Gasteiger partial charge >= 0.3 is 0 Å². The second kappa shape index (κ2) is 4.31. The lowest BCUT2D eigenvalue weighted by Crippen LogP contribution is -2.40. The largest absolute Gasteiger partial charge is 0.546 e. The highest BCUT2D eigenvalue weighted by atomic mass is 32.2. The molecule has 0 bridgehead atoms. The minimum Gasteiger partial charge on any atom is -0.546 e. The first-order valence-corrected chi connectivity index (χ1v) is 9.35. The van der Waals surface area contributed by atoms with Gasteiger partial charge in [0.15, 0.2) is 0 Å². The smallest absolute Gasteiger partial charge is 0.250 e. The minimum absolute atomic E-state index is 0.315. The topological polar surface area (TPSA) is 9.23 Å². The molecule has 0 atom stereocenters. The molecule has 1 aliphatic rings. The first kappa shape index (κ1) is 12.2. The van der Waals surface area contributed by atoms with Crippen LogP contribution < -0.4 is 0 Å². The average molecular weight is 230 g/mol. The molecule has 14 heavy (non-hydrogen) atoms. The quantitative estimate of drug-likeness (QED) is 0.662. The number of allylic oxidation sites excluding steroid dienone is 1. The monoisotopic (exact) mass is 230 g/mol. The Kier molecular flexibility index (Phi) is 3.75. The summed E-state index contributed by atoms with van der Waals surface area (Å²) in [5.41, 5.74) is 0. The molecule has 82 valence electrons. The van der Waals surface area contributed by atoms with Gasteiger partial charge in [0.05, 0.1) is 5.76 Å². The van der Waals surface area contributed by atoms with E-state index in [0.717, 1.165) is 5.75 Å². The fraction of sp³-hybridized carbons (Fsp3) is 0.818. The molecule has 1 heterocycles. The summed E-state index contributed by atoms with van der Waals surface area (Å²) >= 11 is 1.98. The van der Waals surface area contributed by atoms with Gasteiger partial charge in [0.1, 0.15) is 0 Å². The Labute approximate surface area is 93.4 Å². The second-order valence-corrected chi connectivity index (χ2v) is 11.2. The number of hydrogen-bond donors (Lipinski definition) is 0. The van der Waals surface area contributed by atoms with E-state index in [1.165, 1.54) is 17.9 Å². The van der Waals surface area contributed by atoms with E-state index in [9.17, 15) is 0 Å². The molecule has 0 aliphatic carbocycles. The van der Waals surface area contributed by atoms with Crippen LogP contribution >= 0.6 is 11.8 Å². The van der Waals surface area contributed by atoms with Crippen LogP contribution in [-0.4, -0.2) is 19.8 Å². The van der Waals surface area contributed by atoms with Crippen molar-refractivity contribution in [2.45, 2.75) is 45.3 Å². The molecule has 0 fully saturated rings. The lowest BCUT2D eigenvalue weighted by molar-refractivity contribution is 0.385. The molecule has 0 amide bonds. The maximum Gasteiger partial charge on any atom is 0.250 e. The molecule has 0 aromatic carbocycles. The Morgan fingerprint density at radius 2 is 2.00 bits per heavy atom. The molecule has 0 saturated carbocycles. The third-order valence-corrected chi connectivity index (χ3v) is 8.47. The highest BCUT2D eigenvalue weighted by Gasteiger charge is 2.39. The highest BCUT2D eigenvalue weighted by molar-refractivity contribution is 7.99. The SMILES string of the molecule is CC(C)(C)[Si](C)(C)OC1=CCCSC1. The average Bonchev–Trinajstić information content (AvgIpc) is 2.03. The fourth-order valence-corrected chi connectivity index (χ4v) is 3.12. The van der Waals surface area contributed by atoms with E-state index in [-0.39, 0.29) is 0 Å². The van der Waals surface area contributed by atoms with Crippen molar-refractivity contribution in [3.8, 4) is 0 Å². The molecule has 0 aromatic heterocycles. The van der Waals surface area contributed by atoms with Gasteiger partial charge in [-0.15, -0.1) is 0 Å². The molecule has 1 nitrogen and oxygen atoms in total. The summed E-state index contributed by atoms with van der Waals surface area (Å²) < 4.78 is 6.22. The van der Waals surface area contributed by atoms with Crippen molar-refractivity contribution in [1.29, 1.82) is 0 Å². The molecule has 0 N–H and O–H groups in total. The van der Waals surface area contributed by atoms with E-state index in [1.807, 2.05) is 11.8 Å². The van der Waals surface area contributed by atoms with Gasteiger partial charge in [-0.3, -0.25) is 0 Å². The maximum atomic E-state index is 6.22. The molecule has 0 radical (unpaired) electrons. The van der Waals surface area contributed by atoms with Crippen LogP contribution in [-0.2, 0) is 4.43 Å². The van der Waals surface area contributed by atoms with Crippen LogP contribution in [0.5, 0.6) is 0 Å². The summed E-state index contributed by atoms with van der Waals surface area (Å²) in [6.07, 6.45) is 3.45.